The predicted octanol–water partition coefficient (Wildman–Crippen LogP) is 4.20. The molecule has 1 aromatic heterocycles. The summed E-state index contributed by atoms with van der Waals surface area (Å²) in [5.74, 6) is 0.470. The lowest BCUT2D eigenvalue weighted by atomic mass is 9.97. The number of nitrogens with one attached hydrogen (secondary N) is 2. The van der Waals surface area contributed by atoms with Crippen LogP contribution in [0.4, 0.5) is 17.3 Å². The Kier molecular flexibility index (Phi) is 8.00. The molecule has 1 saturated heterocycles. The van der Waals surface area contributed by atoms with Crippen molar-refractivity contribution in [1.29, 1.82) is 0 Å². The SMILES string of the molecule is Cc1ccc(NC(=O)C2=CC=C(CN3CCN(C)CC3)CC2)cc1Nc1nccc(C2=CN(C)CC=C2)n1. The second-order valence-corrected chi connectivity index (χ2v) is 10.4. The molecule has 0 radical (unpaired) electrons. The maximum Gasteiger partial charge on any atom is 0.251 e. The molecule has 38 heavy (non-hydrogen) atoms. The van der Waals surface area contributed by atoms with Gasteiger partial charge in [0.15, 0.2) is 0 Å². The van der Waals surface area contributed by atoms with Crippen LogP contribution in [-0.4, -0.2) is 83.9 Å². The van der Waals surface area contributed by atoms with E-state index < -0.39 is 0 Å². The molecular formula is C30H37N7O. The smallest absolute Gasteiger partial charge is 0.251 e. The third-order valence-electron chi connectivity index (χ3n) is 7.29. The Hall–Kier alpha value is -3.75. The summed E-state index contributed by atoms with van der Waals surface area (Å²) in [6.45, 7) is 8.37. The van der Waals surface area contributed by atoms with E-state index in [0.29, 0.717) is 5.95 Å². The Bertz CT molecular complexity index is 1300. The molecule has 0 saturated carbocycles. The maximum absolute atomic E-state index is 13.0. The summed E-state index contributed by atoms with van der Waals surface area (Å²) in [6.07, 6.45) is 13.9. The van der Waals surface area contributed by atoms with E-state index in [9.17, 15) is 4.79 Å². The number of piperazine rings is 1. The lowest BCUT2D eigenvalue weighted by Crippen LogP contribution is -2.45. The van der Waals surface area contributed by atoms with E-state index in [0.717, 1.165) is 85.9 Å². The number of rotatable bonds is 7. The molecule has 0 spiro atoms. The minimum Gasteiger partial charge on any atom is -0.376 e. The van der Waals surface area contributed by atoms with Gasteiger partial charge in [0, 0.05) is 81.2 Å². The van der Waals surface area contributed by atoms with Gasteiger partial charge in [-0.15, -0.1) is 0 Å². The first kappa shape index (κ1) is 25.9. The van der Waals surface area contributed by atoms with Gasteiger partial charge in [0.1, 0.15) is 0 Å². The molecule has 0 unspecified atom stereocenters. The molecule has 8 nitrogen and oxygen atoms in total. The van der Waals surface area contributed by atoms with Crippen molar-refractivity contribution in [3.05, 3.63) is 83.4 Å². The summed E-state index contributed by atoms with van der Waals surface area (Å²) in [4.78, 5) is 29.1. The highest BCUT2D eigenvalue weighted by Crippen LogP contribution is 2.26. The number of carbonyl (C=O) groups is 1. The number of anilines is 3. The van der Waals surface area contributed by atoms with Gasteiger partial charge in [0.05, 0.1) is 5.69 Å². The highest BCUT2D eigenvalue weighted by Gasteiger charge is 2.18. The van der Waals surface area contributed by atoms with Crippen molar-refractivity contribution in [2.75, 3.05) is 64.0 Å². The van der Waals surface area contributed by atoms with Gasteiger partial charge in [-0.05, 0) is 50.6 Å². The number of amides is 1. The minimum atomic E-state index is -0.0481. The average Bonchev–Trinajstić information content (AvgIpc) is 2.92. The van der Waals surface area contributed by atoms with Crippen LogP contribution in [0.5, 0.6) is 0 Å². The zero-order valence-corrected chi connectivity index (χ0v) is 22.6. The third kappa shape index (κ3) is 6.57. The van der Waals surface area contributed by atoms with Gasteiger partial charge in [-0.2, -0.15) is 0 Å². The first-order chi connectivity index (χ1) is 18.4. The second kappa shape index (κ2) is 11.8. The monoisotopic (exact) mass is 511 g/mol. The lowest BCUT2D eigenvalue weighted by molar-refractivity contribution is -0.113. The van der Waals surface area contributed by atoms with Gasteiger partial charge in [0.25, 0.3) is 5.91 Å². The Balaban J connectivity index is 1.22. The van der Waals surface area contributed by atoms with Gasteiger partial charge in [-0.25, -0.2) is 9.97 Å². The average molecular weight is 512 g/mol. The first-order valence-corrected chi connectivity index (χ1v) is 13.3. The summed E-state index contributed by atoms with van der Waals surface area (Å²) in [6, 6.07) is 7.77. The van der Waals surface area contributed by atoms with Crippen molar-refractivity contribution in [3.8, 4) is 0 Å². The summed E-state index contributed by atoms with van der Waals surface area (Å²) >= 11 is 0. The van der Waals surface area contributed by atoms with E-state index >= 15 is 0 Å². The van der Waals surface area contributed by atoms with Crippen LogP contribution in [0.2, 0.25) is 0 Å². The fraction of sp³-hybridized carbons (Fsp3) is 0.367. The number of benzene rings is 1. The van der Waals surface area contributed by atoms with Crippen LogP contribution in [0.25, 0.3) is 5.57 Å². The molecule has 0 atom stereocenters. The molecule has 198 valence electrons. The molecule has 1 fully saturated rings. The Morgan fingerprint density at radius 3 is 2.66 bits per heavy atom. The highest BCUT2D eigenvalue weighted by atomic mass is 16.1. The van der Waals surface area contributed by atoms with Gasteiger partial charge >= 0.3 is 0 Å². The Morgan fingerprint density at radius 1 is 1.05 bits per heavy atom. The van der Waals surface area contributed by atoms with Crippen molar-refractivity contribution >= 4 is 28.8 Å². The molecule has 2 aliphatic heterocycles. The minimum absolute atomic E-state index is 0.0481. The third-order valence-corrected chi connectivity index (χ3v) is 7.29. The zero-order chi connectivity index (χ0) is 26.5. The van der Waals surface area contributed by atoms with Gasteiger partial charge in [-0.3, -0.25) is 9.69 Å². The van der Waals surface area contributed by atoms with E-state index in [-0.39, 0.29) is 5.91 Å². The van der Waals surface area contributed by atoms with Crippen molar-refractivity contribution in [2.24, 2.45) is 0 Å². The van der Waals surface area contributed by atoms with Gasteiger partial charge in [-0.1, -0.05) is 35.9 Å². The molecule has 2 N–H and O–H groups in total. The van der Waals surface area contributed by atoms with Crippen LogP contribution in [0.1, 0.15) is 24.1 Å². The lowest BCUT2D eigenvalue weighted by Gasteiger charge is -2.33. The van der Waals surface area contributed by atoms with Crippen LogP contribution in [0, 0.1) is 6.92 Å². The molecule has 5 rings (SSSR count). The van der Waals surface area contributed by atoms with Gasteiger partial charge in [0.2, 0.25) is 5.95 Å². The number of likely N-dealkylation sites (N-methyl/N-ethyl adjacent to an activating group) is 2. The van der Waals surface area contributed by atoms with Crippen LogP contribution in [0.15, 0.2) is 72.1 Å². The number of aromatic nitrogens is 2. The maximum atomic E-state index is 13.0. The van der Waals surface area contributed by atoms with Gasteiger partial charge < -0.3 is 20.4 Å². The Labute approximate surface area is 225 Å². The highest BCUT2D eigenvalue weighted by molar-refractivity contribution is 6.04. The largest absolute Gasteiger partial charge is 0.376 e. The Morgan fingerprint density at radius 2 is 1.89 bits per heavy atom. The van der Waals surface area contributed by atoms with Crippen LogP contribution >= 0.6 is 0 Å². The molecule has 1 amide bonds. The van der Waals surface area contributed by atoms with E-state index in [1.165, 1.54) is 5.57 Å². The fourth-order valence-corrected chi connectivity index (χ4v) is 4.87. The summed E-state index contributed by atoms with van der Waals surface area (Å²) in [5, 5.41) is 6.41. The number of nitrogens with zero attached hydrogens (tertiary/aromatic N) is 5. The normalized spacial score (nSPS) is 18.5. The molecular weight excluding hydrogens is 474 g/mol. The topological polar surface area (TPSA) is 76.6 Å². The van der Waals surface area contributed by atoms with Crippen LogP contribution in [0.3, 0.4) is 0 Å². The summed E-state index contributed by atoms with van der Waals surface area (Å²) in [7, 11) is 4.22. The molecule has 3 heterocycles. The molecule has 1 aromatic carbocycles. The predicted molar refractivity (Wildman–Crippen MR) is 154 cm³/mol. The second-order valence-electron chi connectivity index (χ2n) is 10.4. The van der Waals surface area contributed by atoms with E-state index in [1.54, 1.807) is 6.20 Å². The van der Waals surface area contributed by atoms with Crippen LogP contribution < -0.4 is 10.6 Å². The number of hydrogen-bond donors (Lipinski definition) is 2. The van der Waals surface area contributed by atoms with Crippen LogP contribution in [-0.2, 0) is 4.79 Å². The number of allylic oxidation sites excluding steroid dienone is 4. The fourth-order valence-electron chi connectivity index (χ4n) is 4.87. The number of carbonyl (C=O) groups excluding carboxylic acids is 1. The summed E-state index contributed by atoms with van der Waals surface area (Å²) in [5.41, 5.74) is 6.77. The molecule has 8 heteroatoms. The first-order valence-electron chi connectivity index (χ1n) is 13.3. The number of hydrogen-bond acceptors (Lipinski definition) is 7. The van der Waals surface area contributed by atoms with Crippen molar-refractivity contribution < 1.29 is 4.79 Å². The van der Waals surface area contributed by atoms with Crippen molar-refractivity contribution in [1.82, 2.24) is 24.7 Å². The van der Waals surface area contributed by atoms with Crippen molar-refractivity contribution in [3.63, 3.8) is 0 Å². The standard InChI is InChI=1S/C30H37N7O/c1-22-6-11-26(19-28(22)34-30-31-13-12-27(33-30)25-5-4-14-36(3)21-25)32-29(38)24-9-7-23(8-10-24)20-37-17-15-35(2)16-18-37/h4-7,9,11-13,19,21H,8,10,14-18,20H2,1-3H3,(H,32,38)(H,31,33,34). The molecule has 3 aliphatic rings. The van der Waals surface area contributed by atoms with E-state index in [1.807, 2.05) is 44.3 Å². The van der Waals surface area contributed by atoms with Crippen molar-refractivity contribution in [2.45, 2.75) is 19.8 Å². The summed E-state index contributed by atoms with van der Waals surface area (Å²) < 4.78 is 0. The number of aryl methyl sites for hydroxylation is 1. The molecule has 2 aromatic rings. The van der Waals surface area contributed by atoms with E-state index in [4.69, 9.17) is 4.98 Å². The molecule has 1 aliphatic carbocycles. The molecule has 0 bridgehead atoms. The van der Waals surface area contributed by atoms with E-state index in [2.05, 4.69) is 61.8 Å². The zero-order valence-electron chi connectivity index (χ0n) is 22.6. The quantitative estimate of drug-likeness (QED) is 0.577.